The van der Waals surface area contributed by atoms with Crippen LogP contribution in [0.25, 0.3) is 11.1 Å². The Morgan fingerprint density at radius 3 is 2.66 bits per heavy atom. The number of rotatable bonds is 7. The van der Waals surface area contributed by atoms with Crippen molar-refractivity contribution in [2.75, 3.05) is 11.9 Å². The lowest BCUT2D eigenvalue weighted by Gasteiger charge is -2.23. The largest absolute Gasteiger partial charge is 0.491 e. The third-order valence-corrected chi connectivity index (χ3v) is 4.53. The van der Waals surface area contributed by atoms with Gasteiger partial charge in [-0.15, -0.1) is 0 Å². The van der Waals surface area contributed by atoms with E-state index in [4.69, 9.17) is 9.47 Å². The highest BCUT2D eigenvalue weighted by molar-refractivity contribution is 5.89. The molecule has 1 aliphatic heterocycles. The van der Waals surface area contributed by atoms with Crippen molar-refractivity contribution in [1.29, 1.82) is 0 Å². The van der Waals surface area contributed by atoms with Crippen LogP contribution in [0.2, 0.25) is 0 Å². The van der Waals surface area contributed by atoms with Crippen molar-refractivity contribution in [2.24, 2.45) is 5.92 Å². The number of ether oxygens (including phenoxy) is 2. The Kier molecular flexibility index (Phi) is 6.36. The zero-order valence-electron chi connectivity index (χ0n) is 17.2. The molecule has 2 N–H and O–H groups in total. The summed E-state index contributed by atoms with van der Waals surface area (Å²) in [7, 11) is 0. The Morgan fingerprint density at radius 2 is 1.97 bits per heavy atom. The Morgan fingerprint density at radius 1 is 1.17 bits per heavy atom. The minimum Gasteiger partial charge on any atom is -0.491 e. The van der Waals surface area contributed by atoms with Crippen LogP contribution >= 0.6 is 0 Å². The van der Waals surface area contributed by atoms with Crippen molar-refractivity contribution in [3.8, 4) is 22.6 Å². The van der Waals surface area contributed by atoms with E-state index in [0.29, 0.717) is 30.7 Å². The molecule has 2 heterocycles. The van der Waals surface area contributed by atoms with Crippen molar-refractivity contribution in [1.82, 2.24) is 10.3 Å². The molecule has 1 atom stereocenters. The summed E-state index contributed by atoms with van der Waals surface area (Å²) in [5.74, 6) is 2.13. The normalized spacial score (nSPS) is 13.0. The van der Waals surface area contributed by atoms with E-state index in [-0.39, 0.29) is 17.9 Å². The second-order valence-corrected chi connectivity index (χ2v) is 7.69. The maximum atomic E-state index is 11.4. The van der Waals surface area contributed by atoms with Crippen LogP contribution in [0, 0.1) is 5.92 Å². The Bertz CT molecular complexity index is 911. The summed E-state index contributed by atoms with van der Waals surface area (Å²) in [4.78, 5) is 27.0. The predicted molar refractivity (Wildman–Crippen MR) is 111 cm³/mol. The average molecular weight is 397 g/mol. The number of aromatic nitrogens is 1. The van der Waals surface area contributed by atoms with Gasteiger partial charge < -0.3 is 20.1 Å². The lowest BCUT2D eigenvalue weighted by Crippen LogP contribution is -2.38. The molecule has 0 aliphatic carbocycles. The van der Waals surface area contributed by atoms with E-state index >= 15 is 0 Å². The van der Waals surface area contributed by atoms with Crippen molar-refractivity contribution in [3.05, 3.63) is 36.0 Å². The van der Waals surface area contributed by atoms with Crippen molar-refractivity contribution < 1.29 is 19.1 Å². The maximum absolute atomic E-state index is 11.4. The second kappa shape index (κ2) is 8.94. The monoisotopic (exact) mass is 397 g/mol. The molecule has 3 rings (SSSR count). The van der Waals surface area contributed by atoms with E-state index in [1.807, 2.05) is 24.3 Å². The van der Waals surface area contributed by atoms with E-state index in [0.717, 1.165) is 28.9 Å². The molecule has 0 saturated carbocycles. The summed E-state index contributed by atoms with van der Waals surface area (Å²) in [6, 6.07) is 7.49. The van der Waals surface area contributed by atoms with Gasteiger partial charge in [0.1, 0.15) is 30.5 Å². The summed E-state index contributed by atoms with van der Waals surface area (Å²) >= 11 is 0. The van der Waals surface area contributed by atoms with Crippen LogP contribution in [0.1, 0.15) is 39.7 Å². The van der Waals surface area contributed by atoms with Crippen LogP contribution in [0.3, 0.4) is 0 Å². The Labute approximate surface area is 170 Å². The first kappa shape index (κ1) is 20.6. The van der Waals surface area contributed by atoms with E-state index in [9.17, 15) is 9.59 Å². The molecule has 0 fully saturated rings. The molecule has 7 heteroatoms. The Balaban J connectivity index is 1.76. The fourth-order valence-electron chi connectivity index (χ4n) is 3.41. The number of pyridine rings is 1. The molecule has 154 valence electrons. The molecule has 0 bridgehead atoms. The molecule has 7 nitrogen and oxygen atoms in total. The fraction of sp³-hybridized carbons (Fsp3) is 0.409. The highest BCUT2D eigenvalue weighted by atomic mass is 16.5. The summed E-state index contributed by atoms with van der Waals surface area (Å²) in [5, 5.41) is 5.65. The fourth-order valence-corrected chi connectivity index (χ4v) is 3.41. The van der Waals surface area contributed by atoms with E-state index in [1.54, 1.807) is 6.20 Å². The van der Waals surface area contributed by atoms with Gasteiger partial charge in [-0.2, -0.15) is 0 Å². The smallest absolute Gasteiger partial charge is 0.222 e. The summed E-state index contributed by atoms with van der Waals surface area (Å²) in [6.07, 6.45) is 2.56. The van der Waals surface area contributed by atoms with E-state index in [1.165, 1.54) is 13.8 Å². The molecular weight excluding hydrogens is 370 g/mol. The van der Waals surface area contributed by atoms with Gasteiger partial charge in [-0.1, -0.05) is 13.8 Å². The topological polar surface area (TPSA) is 89.6 Å². The number of benzene rings is 1. The van der Waals surface area contributed by atoms with Gasteiger partial charge in [0.05, 0.1) is 6.04 Å². The average Bonchev–Trinajstić information content (AvgIpc) is 2.64. The van der Waals surface area contributed by atoms with Gasteiger partial charge in [-0.25, -0.2) is 4.98 Å². The van der Waals surface area contributed by atoms with Crippen molar-refractivity contribution in [2.45, 2.75) is 46.8 Å². The maximum Gasteiger partial charge on any atom is 0.222 e. The first-order chi connectivity index (χ1) is 13.8. The van der Waals surface area contributed by atoms with Crippen LogP contribution in [0.15, 0.2) is 30.5 Å². The molecule has 1 aromatic carbocycles. The van der Waals surface area contributed by atoms with Crippen molar-refractivity contribution in [3.63, 3.8) is 0 Å². The Hall–Kier alpha value is -3.09. The second-order valence-electron chi connectivity index (χ2n) is 7.69. The van der Waals surface area contributed by atoms with Crippen LogP contribution in [0.4, 0.5) is 5.82 Å². The van der Waals surface area contributed by atoms with Crippen LogP contribution in [-0.2, 0) is 16.2 Å². The lowest BCUT2D eigenvalue weighted by atomic mass is 9.98. The molecule has 29 heavy (non-hydrogen) atoms. The number of hydrogen-bond donors (Lipinski definition) is 2. The van der Waals surface area contributed by atoms with Crippen LogP contribution < -0.4 is 20.1 Å². The molecule has 1 aliphatic rings. The third kappa shape index (κ3) is 5.47. The SMILES string of the molecule is CC(=O)Nc1cc2c(cn1)COc1cc(OC[C@H](CC(C)C)NC(C)=O)ccc1-2. The number of hydrogen-bond acceptors (Lipinski definition) is 5. The number of amides is 2. The van der Waals surface area contributed by atoms with E-state index in [2.05, 4.69) is 29.5 Å². The molecular formula is C22H27N3O4. The van der Waals surface area contributed by atoms with Gasteiger partial charge >= 0.3 is 0 Å². The highest BCUT2D eigenvalue weighted by Gasteiger charge is 2.20. The first-order valence-electron chi connectivity index (χ1n) is 9.75. The molecule has 2 amide bonds. The molecule has 1 aromatic heterocycles. The quantitative estimate of drug-likeness (QED) is 0.746. The summed E-state index contributed by atoms with van der Waals surface area (Å²) < 4.78 is 11.8. The van der Waals surface area contributed by atoms with Gasteiger partial charge in [0.2, 0.25) is 11.8 Å². The minimum absolute atomic E-state index is 0.0449. The number of nitrogens with one attached hydrogen (secondary N) is 2. The summed E-state index contributed by atoms with van der Waals surface area (Å²) in [6.45, 7) is 7.99. The summed E-state index contributed by atoms with van der Waals surface area (Å²) in [5.41, 5.74) is 2.86. The van der Waals surface area contributed by atoms with Gasteiger partial charge in [-0.05, 0) is 36.1 Å². The molecule has 0 saturated heterocycles. The van der Waals surface area contributed by atoms with Crippen LogP contribution in [0.5, 0.6) is 11.5 Å². The molecule has 0 radical (unpaired) electrons. The third-order valence-electron chi connectivity index (χ3n) is 4.53. The molecule has 2 aromatic rings. The van der Waals surface area contributed by atoms with E-state index < -0.39 is 0 Å². The zero-order chi connectivity index (χ0) is 21.0. The minimum atomic E-state index is -0.163. The zero-order valence-corrected chi connectivity index (χ0v) is 17.2. The number of anilines is 1. The van der Waals surface area contributed by atoms with Gasteiger partial charge in [0.15, 0.2) is 0 Å². The lowest BCUT2D eigenvalue weighted by molar-refractivity contribution is -0.120. The number of nitrogens with zero attached hydrogens (tertiary/aromatic N) is 1. The standard InChI is InChI=1S/C22H27N3O4/c1-13(2)7-17(24-14(3)26)12-28-18-5-6-19-20-9-22(25-15(4)27)23-10-16(20)11-29-21(19)8-18/h5-6,8-10,13,17H,7,11-12H2,1-4H3,(H,24,26)(H,23,25,27)/t17-/m0/s1. The van der Waals surface area contributed by atoms with Gasteiger partial charge in [-0.3, -0.25) is 9.59 Å². The van der Waals surface area contributed by atoms with Crippen molar-refractivity contribution >= 4 is 17.6 Å². The predicted octanol–water partition coefficient (Wildman–Crippen LogP) is 3.53. The van der Waals surface area contributed by atoms with Gasteiger partial charge in [0, 0.05) is 37.2 Å². The van der Waals surface area contributed by atoms with Gasteiger partial charge in [0.25, 0.3) is 0 Å². The molecule has 0 spiro atoms. The first-order valence-corrected chi connectivity index (χ1v) is 9.75. The highest BCUT2D eigenvalue weighted by Crippen LogP contribution is 2.40. The van der Waals surface area contributed by atoms with Crippen LogP contribution in [-0.4, -0.2) is 29.4 Å². The molecule has 0 unspecified atom stereocenters. The number of fused-ring (bicyclic) bond motifs is 3. The number of carbonyl (C=O) groups excluding carboxylic acids is 2. The number of carbonyl (C=O) groups is 2.